The Morgan fingerprint density at radius 1 is 0.974 bits per heavy atom. The van der Waals surface area contributed by atoms with E-state index in [2.05, 4.69) is 52.3 Å². The standard InChI is InChI=1S/C31H45N5O2/c1-22-10-8-11-23(2)30(22)28-21-27(34-36(28)26-14-4-5-15-26)31(38)33-25(16-19-35-17-6-3-7-18-35)20-29(37)32-24-12-9-13-24/h8,10-11,21,24-26H,3-7,9,12-20H2,1-2H3,(H,32,37)(H,33,38). The lowest BCUT2D eigenvalue weighted by atomic mass is 9.93. The van der Waals surface area contributed by atoms with Gasteiger partial charge in [0.1, 0.15) is 0 Å². The van der Waals surface area contributed by atoms with Crippen molar-refractivity contribution in [2.45, 2.75) is 109 Å². The van der Waals surface area contributed by atoms with E-state index in [1.807, 2.05) is 6.07 Å². The molecule has 7 nitrogen and oxygen atoms in total. The van der Waals surface area contributed by atoms with Gasteiger partial charge in [-0.1, -0.05) is 37.5 Å². The fourth-order valence-corrected chi connectivity index (χ4v) is 6.41. The Bertz CT molecular complexity index is 1090. The van der Waals surface area contributed by atoms with E-state index >= 15 is 0 Å². The maximum atomic E-state index is 13.6. The maximum Gasteiger partial charge on any atom is 0.272 e. The van der Waals surface area contributed by atoms with Crippen LogP contribution >= 0.6 is 0 Å². The van der Waals surface area contributed by atoms with Crippen molar-refractivity contribution in [2.24, 2.45) is 0 Å². The van der Waals surface area contributed by atoms with Crippen LogP contribution in [0.3, 0.4) is 0 Å². The van der Waals surface area contributed by atoms with Crippen LogP contribution in [0.15, 0.2) is 24.3 Å². The summed E-state index contributed by atoms with van der Waals surface area (Å²) in [6, 6.07) is 8.75. The van der Waals surface area contributed by atoms with Crippen LogP contribution in [-0.2, 0) is 4.79 Å². The molecule has 1 saturated heterocycles. The van der Waals surface area contributed by atoms with Gasteiger partial charge in [-0.15, -0.1) is 0 Å². The van der Waals surface area contributed by atoms with Gasteiger partial charge in [-0.25, -0.2) is 0 Å². The van der Waals surface area contributed by atoms with E-state index in [-0.39, 0.29) is 17.9 Å². The van der Waals surface area contributed by atoms with E-state index in [4.69, 9.17) is 5.10 Å². The molecule has 2 saturated carbocycles. The van der Waals surface area contributed by atoms with Gasteiger partial charge >= 0.3 is 0 Å². The van der Waals surface area contributed by atoms with Crippen molar-refractivity contribution in [1.82, 2.24) is 25.3 Å². The van der Waals surface area contributed by atoms with Crippen molar-refractivity contribution in [3.8, 4) is 11.3 Å². The molecule has 2 amide bonds. The highest BCUT2D eigenvalue weighted by Gasteiger charge is 2.27. The highest BCUT2D eigenvalue weighted by atomic mass is 16.2. The van der Waals surface area contributed by atoms with E-state index in [1.54, 1.807) is 0 Å². The molecule has 1 aromatic heterocycles. The number of carbonyl (C=O) groups is 2. The number of hydrogen-bond acceptors (Lipinski definition) is 4. The number of nitrogens with zero attached hydrogens (tertiary/aromatic N) is 3. The molecule has 0 radical (unpaired) electrons. The molecule has 2 N–H and O–H groups in total. The van der Waals surface area contributed by atoms with Crippen molar-refractivity contribution >= 4 is 11.8 Å². The summed E-state index contributed by atoms with van der Waals surface area (Å²) in [6.07, 6.45) is 12.8. The molecule has 7 heteroatoms. The average molecular weight is 520 g/mol. The van der Waals surface area contributed by atoms with Crippen molar-refractivity contribution in [3.63, 3.8) is 0 Å². The minimum Gasteiger partial charge on any atom is -0.353 e. The van der Waals surface area contributed by atoms with E-state index < -0.39 is 0 Å². The van der Waals surface area contributed by atoms with E-state index in [0.29, 0.717) is 24.2 Å². The van der Waals surface area contributed by atoms with Gasteiger partial charge in [0, 0.05) is 30.6 Å². The van der Waals surface area contributed by atoms with Gasteiger partial charge in [0.2, 0.25) is 5.91 Å². The Morgan fingerprint density at radius 2 is 1.68 bits per heavy atom. The van der Waals surface area contributed by atoms with Crippen LogP contribution in [-0.4, -0.2) is 58.2 Å². The normalized spacial score (nSPS) is 19.7. The number of aromatic nitrogens is 2. The Labute approximate surface area is 227 Å². The summed E-state index contributed by atoms with van der Waals surface area (Å²) in [5, 5.41) is 11.3. The van der Waals surface area contributed by atoms with Crippen LogP contribution in [0.1, 0.15) is 105 Å². The largest absolute Gasteiger partial charge is 0.353 e. The molecular weight excluding hydrogens is 474 g/mol. The molecule has 2 aliphatic carbocycles. The van der Waals surface area contributed by atoms with Crippen LogP contribution in [0.5, 0.6) is 0 Å². The summed E-state index contributed by atoms with van der Waals surface area (Å²) in [6.45, 7) is 7.39. The molecule has 206 valence electrons. The number of likely N-dealkylation sites (tertiary alicyclic amines) is 1. The first kappa shape index (κ1) is 26.9. The quantitative estimate of drug-likeness (QED) is 0.446. The van der Waals surface area contributed by atoms with E-state index in [1.165, 1.54) is 55.2 Å². The zero-order valence-corrected chi connectivity index (χ0v) is 23.3. The molecule has 2 aromatic rings. The number of benzene rings is 1. The van der Waals surface area contributed by atoms with Gasteiger partial charge in [-0.05, 0) is 95.5 Å². The Morgan fingerprint density at radius 3 is 2.34 bits per heavy atom. The third-order valence-electron chi connectivity index (χ3n) is 8.86. The second kappa shape index (κ2) is 12.5. The molecule has 1 aliphatic heterocycles. The predicted octanol–water partition coefficient (Wildman–Crippen LogP) is 5.32. The number of nitrogens with one attached hydrogen (secondary N) is 2. The van der Waals surface area contributed by atoms with Crippen LogP contribution < -0.4 is 10.6 Å². The summed E-state index contributed by atoms with van der Waals surface area (Å²) in [5.74, 6) is -0.124. The third-order valence-corrected chi connectivity index (χ3v) is 8.86. The fraction of sp³-hybridized carbons (Fsp3) is 0.645. The number of carbonyl (C=O) groups excluding carboxylic acids is 2. The lowest BCUT2D eigenvalue weighted by Crippen LogP contribution is -2.45. The number of rotatable bonds is 10. The number of amides is 2. The summed E-state index contributed by atoms with van der Waals surface area (Å²) < 4.78 is 2.11. The Balaban J connectivity index is 1.34. The summed E-state index contributed by atoms with van der Waals surface area (Å²) in [4.78, 5) is 28.9. The first-order valence-corrected chi connectivity index (χ1v) is 15.0. The minimum absolute atomic E-state index is 0.0475. The molecule has 1 aromatic carbocycles. The van der Waals surface area contributed by atoms with Gasteiger partial charge in [-0.2, -0.15) is 5.10 Å². The van der Waals surface area contributed by atoms with Gasteiger partial charge in [0.05, 0.1) is 11.7 Å². The van der Waals surface area contributed by atoms with Gasteiger partial charge in [0.25, 0.3) is 5.91 Å². The molecule has 2 heterocycles. The first-order valence-electron chi connectivity index (χ1n) is 15.0. The molecule has 0 bridgehead atoms. The van der Waals surface area contributed by atoms with E-state index in [0.717, 1.165) is 57.4 Å². The molecule has 38 heavy (non-hydrogen) atoms. The summed E-state index contributed by atoms with van der Waals surface area (Å²) >= 11 is 0. The fourth-order valence-electron chi connectivity index (χ4n) is 6.41. The average Bonchev–Trinajstić information content (AvgIpc) is 3.56. The smallest absolute Gasteiger partial charge is 0.272 e. The van der Waals surface area contributed by atoms with Gasteiger partial charge in [0.15, 0.2) is 5.69 Å². The second-order valence-corrected chi connectivity index (χ2v) is 11.8. The number of piperidine rings is 1. The SMILES string of the molecule is Cc1cccc(C)c1-c1cc(C(=O)NC(CCN2CCCCC2)CC(=O)NC2CCC2)nn1C1CCCC1. The van der Waals surface area contributed by atoms with Gasteiger partial charge in [-0.3, -0.25) is 14.3 Å². The van der Waals surface area contributed by atoms with Crippen molar-refractivity contribution < 1.29 is 9.59 Å². The van der Waals surface area contributed by atoms with Crippen molar-refractivity contribution in [3.05, 3.63) is 41.1 Å². The monoisotopic (exact) mass is 519 g/mol. The van der Waals surface area contributed by atoms with E-state index in [9.17, 15) is 9.59 Å². The molecule has 5 rings (SSSR count). The maximum absolute atomic E-state index is 13.6. The zero-order chi connectivity index (χ0) is 26.5. The predicted molar refractivity (Wildman–Crippen MR) is 151 cm³/mol. The van der Waals surface area contributed by atoms with Gasteiger partial charge < -0.3 is 15.5 Å². The minimum atomic E-state index is -0.204. The second-order valence-electron chi connectivity index (χ2n) is 11.8. The Hall–Kier alpha value is -2.67. The molecule has 3 fully saturated rings. The zero-order valence-electron chi connectivity index (χ0n) is 23.3. The number of aryl methyl sites for hydroxylation is 2. The first-order chi connectivity index (χ1) is 18.5. The lowest BCUT2D eigenvalue weighted by Gasteiger charge is -2.29. The molecule has 1 unspecified atom stereocenters. The van der Waals surface area contributed by atoms with Crippen LogP contribution in [0.2, 0.25) is 0 Å². The highest BCUT2D eigenvalue weighted by molar-refractivity contribution is 5.94. The molecule has 1 atom stereocenters. The van der Waals surface area contributed by atoms with Crippen LogP contribution in [0, 0.1) is 13.8 Å². The third kappa shape index (κ3) is 6.48. The van der Waals surface area contributed by atoms with Crippen LogP contribution in [0.25, 0.3) is 11.3 Å². The van der Waals surface area contributed by atoms with Crippen LogP contribution in [0.4, 0.5) is 0 Å². The number of hydrogen-bond donors (Lipinski definition) is 2. The van der Waals surface area contributed by atoms with Crippen molar-refractivity contribution in [1.29, 1.82) is 0 Å². The molecule has 3 aliphatic rings. The molecular formula is C31H45N5O2. The molecule has 0 spiro atoms. The summed E-state index contributed by atoms with van der Waals surface area (Å²) in [7, 11) is 0. The topological polar surface area (TPSA) is 79.3 Å². The highest BCUT2D eigenvalue weighted by Crippen LogP contribution is 2.36. The van der Waals surface area contributed by atoms with Crippen molar-refractivity contribution in [2.75, 3.05) is 19.6 Å². The Kier molecular flexibility index (Phi) is 8.82. The summed E-state index contributed by atoms with van der Waals surface area (Å²) in [5.41, 5.74) is 5.06. The lowest BCUT2D eigenvalue weighted by molar-refractivity contribution is -0.122.